The third-order valence-electron chi connectivity index (χ3n) is 3.02. The number of benzene rings is 1. The molecule has 0 radical (unpaired) electrons. The van der Waals surface area contributed by atoms with Crippen molar-refractivity contribution < 1.29 is 14.3 Å². The van der Waals surface area contributed by atoms with Crippen molar-refractivity contribution in [1.29, 1.82) is 0 Å². The molecule has 1 saturated heterocycles. The number of methoxy groups -OCH3 is 1. The highest BCUT2D eigenvalue weighted by atomic mass is 16.6. The van der Waals surface area contributed by atoms with Gasteiger partial charge in [-0.15, -0.1) is 0 Å². The fourth-order valence-electron chi connectivity index (χ4n) is 1.97. The van der Waals surface area contributed by atoms with Gasteiger partial charge in [0.25, 0.3) is 0 Å². The molecule has 1 fully saturated rings. The highest BCUT2D eigenvalue weighted by Gasteiger charge is 2.29. The standard InChI is InChI=1S/C13H18N2O3/c1-17-11-4-2-3-10(7-11)5-6-15-9-12(8-14)18-13(15)16/h2-4,7,12H,5-6,8-9,14H2,1H3. The molecule has 5 nitrogen and oxygen atoms in total. The number of nitrogens with zero attached hydrogens (tertiary/aromatic N) is 1. The van der Waals surface area contributed by atoms with Crippen LogP contribution in [0.4, 0.5) is 4.79 Å². The zero-order valence-electron chi connectivity index (χ0n) is 10.5. The minimum Gasteiger partial charge on any atom is -0.497 e. The highest BCUT2D eigenvalue weighted by molar-refractivity contribution is 5.69. The Morgan fingerprint density at radius 1 is 1.56 bits per heavy atom. The number of amides is 1. The third kappa shape index (κ3) is 2.92. The van der Waals surface area contributed by atoms with E-state index in [4.69, 9.17) is 15.2 Å². The summed E-state index contributed by atoms with van der Waals surface area (Å²) in [5, 5.41) is 0. The van der Waals surface area contributed by atoms with E-state index in [1.54, 1.807) is 12.0 Å². The second-order valence-electron chi connectivity index (χ2n) is 4.29. The van der Waals surface area contributed by atoms with Gasteiger partial charge in [0.2, 0.25) is 0 Å². The molecule has 18 heavy (non-hydrogen) atoms. The molecular formula is C13H18N2O3. The normalized spacial score (nSPS) is 18.9. The van der Waals surface area contributed by atoms with Crippen LogP contribution in [0.2, 0.25) is 0 Å². The second-order valence-corrected chi connectivity index (χ2v) is 4.29. The number of hydrogen-bond donors (Lipinski definition) is 1. The molecule has 1 amide bonds. The number of hydrogen-bond acceptors (Lipinski definition) is 4. The lowest BCUT2D eigenvalue weighted by molar-refractivity contribution is 0.135. The predicted octanol–water partition coefficient (Wildman–Crippen LogP) is 1.02. The SMILES string of the molecule is COc1cccc(CCN2CC(CN)OC2=O)c1. The molecule has 0 bridgehead atoms. The lowest BCUT2D eigenvalue weighted by atomic mass is 10.1. The van der Waals surface area contributed by atoms with E-state index in [0.29, 0.717) is 19.6 Å². The van der Waals surface area contributed by atoms with Crippen molar-refractivity contribution in [2.75, 3.05) is 26.7 Å². The van der Waals surface area contributed by atoms with Crippen LogP contribution in [-0.4, -0.2) is 43.8 Å². The largest absolute Gasteiger partial charge is 0.497 e. The number of carbonyl (C=O) groups excluding carboxylic acids is 1. The average Bonchev–Trinajstić information content (AvgIpc) is 2.77. The van der Waals surface area contributed by atoms with E-state index in [9.17, 15) is 4.79 Å². The second kappa shape index (κ2) is 5.73. The van der Waals surface area contributed by atoms with Gasteiger partial charge in [0.1, 0.15) is 11.9 Å². The lowest BCUT2D eigenvalue weighted by Crippen LogP contribution is -2.29. The Balaban J connectivity index is 1.89. The van der Waals surface area contributed by atoms with E-state index in [0.717, 1.165) is 17.7 Å². The Hall–Kier alpha value is -1.75. The Morgan fingerprint density at radius 2 is 2.39 bits per heavy atom. The van der Waals surface area contributed by atoms with E-state index in [1.165, 1.54) is 0 Å². The van der Waals surface area contributed by atoms with Crippen LogP contribution in [0.3, 0.4) is 0 Å². The Labute approximate surface area is 106 Å². The molecule has 1 aliphatic rings. The summed E-state index contributed by atoms with van der Waals surface area (Å²) in [4.78, 5) is 13.2. The van der Waals surface area contributed by atoms with Gasteiger partial charge in [-0.2, -0.15) is 0 Å². The van der Waals surface area contributed by atoms with Crippen LogP contribution < -0.4 is 10.5 Å². The molecule has 0 aromatic heterocycles. The van der Waals surface area contributed by atoms with Crippen LogP contribution in [0.5, 0.6) is 5.75 Å². The summed E-state index contributed by atoms with van der Waals surface area (Å²) in [5.74, 6) is 0.830. The van der Waals surface area contributed by atoms with Crippen molar-refractivity contribution in [2.24, 2.45) is 5.73 Å². The zero-order valence-corrected chi connectivity index (χ0v) is 10.5. The topological polar surface area (TPSA) is 64.8 Å². The van der Waals surface area contributed by atoms with E-state index in [1.807, 2.05) is 24.3 Å². The molecule has 0 saturated carbocycles. The summed E-state index contributed by atoms with van der Waals surface area (Å²) in [6.45, 7) is 1.60. The first-order chi connectivity index (χ1) is 8.72. The van der Waals surface area contributed by atoms with Gasteiger partial charge in [0, 0.05) is 13.1 Å². The van der Waals surface area contributed by atoms with Gasteiger partial charge in [-0.25, -0.2) is 4.79 Å². The maximum Gasteiger partial charge on any atom is 0.410 e. The Bertz CT molecular complexity index is 422. The fourth-order valence-corrected chi connectivity index (χ4v) is 1.97. The first kappa shape index (κ1) is 12.7. The van der Waals surface area contributed by atoms with Gasteiger partial charge in [-0.1, -0.05) is 12.1 Å². The monoisotopic (exact) mass is 250 g/mol. The van der Waals surface area contributed by atoms with Crippen molar-refractivity contribution >= 4 is 6.09 Å². The summed E-state index contributed by atoms with van der Waals surface area (Å²) < 4.78 is 10.3. The fraction of sp³-hybridized carbons (Fsp3) is 0.462. The molecule has 5 heteroatoms. The van der Waals surface area contributed by atoms with Crippen molar-refractivity contribution in [3.05, 3.63) is 29.8 Å². The van der Waals surface area contributed by atoms with Gasteiger partial charge in [-0.05, 0) is 24.1 Å². The van der Waals surface area contributed by atoms with Crippen LogP contribution in [0.25, 0.3) is 0 Å². The first-order valence-electron chi connectivity index (χ1n) is 6.01. The van der Waals surface area contributed by atoms with Crippen molar-refractivity contribution in [1.82, 2.24) is 4.90 Å². The molecule has 0 spiro atoms. The summed E-state index contributed by atoms with van der Waals surface area (Å²) in [6.07, 6.45) is 0.347. The molecule has 1 aromatic carbocycles. The van der Waals surface area contributed by atoms with Crippen LogP contribution >= 0.6 is 0 Å². The minimum absolute atomic E-state index is 0.164. The number of ether oxygens (including phenoxy) is 2. The molecule has 1 unspecified atom stereocenters. The summed E-state index contributed by atoms with van der Waals surface area (Å²) in [5.41, 5.74) is 6.62. The molecule has 1 atom stereocenters. The maximum absolute atomic E-state index is 11.5. The molecule has 1 aliphatic heterocycles. The van der Waals surface area contributed by atoms with E-state index < -0.39 is 0 Å². The molecule has 1 aromatic rings. The molecule has 0 aliphatic carbocycles. The van der Waals surface area contributed by atoms with E-state index in [2.05, 4.69) is 0 Å². The van der Waals surface area contributed by atoms with Crippen molar-refractivity contribution in [3.8, 4) is 5.75 Å². The van der Waals surface area contributed by atoms with Gasteiger partial charge in [0.15, 0.2) is 0 Å². The van der Waals surface area contributed by atoms with Crippen LogP contribution in [0, 0.1) is 0 Å². The molecule has 2 rings (SSSR count). The minimum atomic E-state index is -0.270. The summed E-state index contributed by atoms with van der Waals surface area (Å²) >= 11 is 0. The number of cyclic esters (lactones) is 1. The van der Waals surface area contributed by atoms with E-state index in [-0.39, 0.29) is 12.2 Å². The average molecular weight is 250 g/mol. The van der Waals surface area contributed by atoms with E-state index >= 15 is 0 Å². The van der Waals surface area contributed by atoms with Gasteiger partial charge >= 0.3 is 6.09 Å². The van der Waals surface area contributed by atoms with Crippen LogP contribution in [0.1, 0.15) is 5.56 Å². The van der Waals surface area contributed by atoms with Gasteiger partial charge < -0.3 is 20.1 Å². The lowest BCUT2D eigenvalue weighted by Gasteiger charge is -2.12. The quantitative estimate of drug-likeness (QED) is 0.847. The Morgan fingerprint density at radius 3 is 3.06 bits per heavy atom. The third-order valence-corrected chi connectivity index (χ3v) is 3.02. The maximum atomic E-state index is 11.5. The number of nitrogens with two attached hydrogens (primary N) is 1. The molecule has 1 heterocycles. The van der Waals surface area contributed by atoms with Crippen molar-refractivity contribution in [3.63, 3.8) is 0 Å². The van der Waals surface area contributed by atoms with Crippen LogP contribution in [0.15, 0.2) is 24.3 Å². The zero-order chi connectivity index (χ0) is 13.0. The summed E-state index contributed by atoms with van der Waals surface area (Å²) in [6, 6.07) is 7.84. The number of carbonyl (C=O) groups is 1. The predicted molar refractivity (Wildman–Crippen MR) is 67.6 cm³/mol. The van der Waals surface area contributed by atoms with Gasteiger partial charge in [0.05, 0.1) is 13.7 Å². The smallest absolute Gasteiger partial charge is 0.410 e. The molecule has 98 valence electrons. The van der Waals surface area contributed by atoms with Gasteiger partial charge in [-0.3, -0.25) is 0 Å². The van der Waals surface area contributed by atoms with Crippen LogP contribution in [-0.2, 0) is 11.2 Å². The summed E-state index contributed by atoms with van der Waals surface area (Å²) in [7, 11) is 1.64. The molecular weight excluding hydrogens is 232 g/mol. The Kier molecular flexibility index (Phi) is 4.04. The first-order valence-corrected chi connectivity index (χ1v) is 6.01. The molecule has 2 N–H and O–H groups in total. The van der Waals surface area contributed by atoms with Crippen molar-refractivity contribution in [2.45, 2.75) is 12.5 Å². The number of rotatable bonds is 5. The highest BCUT2D eigenvalue weighted by Crippen LogP contribution is 2.15.